The van der Waals surface area contributed by atoms with Crippen LogP contribution in [0, 0.1) is 0 Å². The number of hydrogen-bond donors (Lipinski definition) is 2. The number of primary amides is 1. The lowest BCUT2D eigenvalue weighted by atomic mass is 10.2. The van der Waals surface area contributed by atoms with E-state index in [0.29, 0.717) is 17.9 Å². The largest absolute Gasteiger partial charge is 0.461 e. The Morgan fingerprint density at radius 1 is 1.17 bits per heavy atom. The van der Waals surface area contributed by atoms with Gasteiger partial charge < -0.3 is 14.9 Å². The number of aryl methyl sites for hydroxylation is 1. The van der Waals surface area contributed by atoms with Gasteiger partial charge in [0.05, 0.1) is 6.42 Å². The molecule has 3 amide bonds. The van der Waals surface area contributed by atoms with Crippen LogP contribution in [0.5, 0.6) is 0 Å². The molecule has 126 valence electrons. The van der Waals surface area contributed by atoms with Crippen molar-refractivity contribution in [3.05, 3.63) is 48.2 Å². The number of urea groups is 1. The molecule has 0 spiro atoms. The number of nitrogens with two attached hydrogens (primary N) is 1. The Morgan fingerprint density at radius 3 is 2.54 bits per heavy atom. The zero-order valence-corrected chi connectivity index (χ0v) is 13.2. The van der Waals surface area contributed by atoms with Crippen molar-refractivity contribution in [2.75, 3.05) is 0 Å². The number of ether oxygens (including phenoxy) is 1. The average Bonchev–Trinajstić information content (AvgIpc) is 3.02. The summed E-state index contributed by atoms with van der Waals surface area (Å²) >= 11 is 0. The molecule has 1 aromatic carbocycles. The molecule has 7 nitrogen and oxygen atoms in total. The van der Waals surface area contributed by atoms with Crippen LogP contribution in [0.2, 0.25) is 0 Å². The fraction of sp³-hybridized carbons (Fsp3) is 0.235. The van der Waals surface area contributed by atoms with Crippen molar-refractivity contribution in [3.8, 4) is 11.3 Å². The Balaban J connectivity index is 1.83. The first kappa shape index (κ1) is 17.3. The topological polar surface area (TPSA) is 112 Å². The Morgan fingerprint density at radius 2 is 1.88 bits per heavy atom. The van der Waals surface area contributed by atoms with E-state index in [1.807, 2.05) is 41.7 Å². The third-order valence-corrected chi connectivity index (χ3v) is 3.22. The first-order valence-corrected chi connectivity index (χ1v) is 7.39. The molecule has 0 aliphatic heterocycles. The van der Waals surface area contributed by atoms with Gasteiger partial charge in [0, 0.05) is 12.0 Å². The van der Waals surface area contributed by atoms with Crippen LogP contribution in [0.3, 0.4) is 0 Å². The zero-order valence-electron chi connectivity index (χ0n) is 13.2. The van der Waals surface area contributed by atoms with Crippen LogP contribution in [0.15, 0.2) is 46.9 Å². The molecule has 1 heterocycles. The third kappa shape index (κ3) is 4.98. The highest BCUT2D eigenvalue weighted by atomic mass is 16.5. The van der Waals surface area contributed by atoms with E-state index in [0.717, 1.165) is 5.56 Å². The minimum Gasteiger partial charge on any atom is -0.461 e. The molecule has 0 aliphatic rings. The summed E-state index contributed by atoms with van der Waals surface area (Å²) in [6, 6.07) is 12.2. The Hall–Kier alpha value is -3.09. The SMILES string of the molecule is CC(OC(=O)CCc1ccc(-c2ccccc2)o1)C(=O)NC(N)=O. The predicted octanol–water partition coefficient (Wildman–Crippen LogP) is 2.01. The summed E-state index contributed by atoms with van der Waals surface area (Å²) in [5.74, 6) is 0.0215. The summed E-state index contributed by atoms with van der Waals surface area (Å²) in [6.45, 7) is 1.36. The maximum Gasteiger partial charge on any atom is 0.318 e. The van der Waals surface area contributed by atoms with Crippen molar-refractivity contribution >= 4 is 17.9 Å². The fourth-order valence-electron chi connectivity index (χ4n) is 2.03. The molecule has 0 radical (unpaired) electrons. The predicted molar refractivity (Wildman–Crippen MR) is 85.7 cm³/mol. The van der Waals surface area contributed by atoms with Gasteiger partial charge in [-0.2, -0.15) is 0 Å². The normalized spacial score (nSPS) is 11.5. The van der Waals surface area contributed by atoms with Crippen molar-refractivity contribution in [2.24, 2.45) is 5.73 Å². The molecule has 0 saturated heterocycles. The van der Waals surface area contributed by atoms with Gasteiger partial charge in [-0.15, -0.1) is 0 Å². The highest BCUT2D eigenvalue weighted by Gasteiger charge is 2.19. The van der Waals surface area contributed by atoms with E-state index >= 15 is 0 Å². The quantitative estimate of drug-likeness (QED) is 0.787. The lowest BCUT2D eigenvalue weighted by molar-refractivity contribution is -0.154. The summed E-state index contributed by atoms with van der Waals surface area (Å²) in [5.41, 5.74) is 5.77. The van der Waals surface area contributed by atoms with Gasteiger partial charge in [-0.25, -0.2) is 4.79 Å². The van der Waals surface area contributed by atoms with Crippen molar-refractivity contribution in [2.45, 2.75) is 25.9 Å². The zero-order chi connectivity index (χ0) is 17.5. The van der Waals surface area contributed by atoms with Crippen LogP contribution in [-0.4, -0.2) is 24.0 Å². The number of hydrogen-bond acceptors (Lipinski definition) is 5. The van der Waals surface area contributed by atoms with Crippen LogP contribution in [0.1, 0.15) is 19.1 Å². The van der Waals surface area contributed by atoms with Gasteiger partial charge in [0.2, 0.25) is 0 Å². The van der Waals surface area contributed by atoms with Gasteiger partial charge in [-0.3, -0.25) is 14.9 Å². The number of nitrogens with one attached hydrogen (secondary N) is 1. The molecular weight excluding hydrogens is 312 g/mol. The smallest absolute Gasteiger partial charge is 0.318 e. The van der Waals surface area contributed by atoms with Gasteiger partial charge in [-0.1, -0.05) is 30.3 Å². The summed E-state index contributed by atoms with van der Waals surface area (Å²) in [7, 11) is 0. The maximum atomic E-state index is 11.7. The fourth-order valence-corrected chi connectivity index (χ4v) is 2.03. The third-order valence-electron chi connectivity index (χ3n) is 3.22. The second-order valence-corrected chi connectivity index (χ2v) is 5.12. The number of benzene rings is 1. The van der Waals surface area contributed by atoms with Crippen LogP contribution in [0.4, 0.5) is 4.79 Å². The summed E-state index contributed by atoms with van der Waals surface area (Å²) in [6.07, 6.45) is -0.701. The molecular formula is C17H18N2O5. The molecule has 1 unspecified atom stereocenters. The summed E-state index contributed by atoms with van der Waals surface area (Å²) < 4.78 is 10.6. The monoisotopic (exact) mass is 330 g/mol. The summed E-state index contributed by atoms with van der Waals surface area (Å²) in [4.78, 5) is 33.7. The molecule has 0 saturated carbocycles. The van der Waals surface area contributed by atoms with E-state index in [4.69, 9.17) is 14.9 Å². The van der Waals surface area contributed by atoms with Crippen LogP contribution in [0.25, 0.3) is 11.3 Å². The van der Waals surface area contributed by atoms with Crippen LogP contribution >= 0.6 is 0 Å². The van der Waals surface area contributed by atoms with Crippen LogP contribution < -0.4 is 11.1 Å². The minimum absolute atomic E-state index is 0.0515. The van der Waals surface area contributed by atoms with Crippen LogP contribution in [-0.2, 0) is 20.7 Å². The number of imide groups is 1. The Labute approximate surface area is 138 Å². The first-order valence-electron chi connectivity index (χ1n) is 7.39. The molecule has 0 aliphatic carbocycles. The molecule has 7 heteroatoms. The van der Waals surface area contributed by atoms with E-state index in [9.17, 15) is 14.4 Å². The van der Waals surface area contributed by atoms with Gasteiger partial charge in [0.25, 0.3) is 5.91 Å². The maximum absolute atomic E-state index is 11.7. The highest BCUT2D eigenvalue weighted by Crippen LogP contribution is 2.22. The Kier molecular flexibility index (Phi) is 5.73. The number of esters is 1. The second-order valence-electron chi connectivity index (χ2n) is 5.12. The van der Waals surface area contributed by atoms with Gasteiger partial charge in [0.1, 0.15) is 11.5 Å². The van der Waals surface area contributed by atoms with Gasteiger partial charge >= 0.3 is 12.0 Å². The lowest BCUT2D eigenvalue weighted by Crippen LogP contribution is -2.42. The lowest BCUT2D eigenvalue weighted by Gasteiger charge is -2.11. The van der Waals surface area contributed by atoms with Crippen molar-refractivity contribution in [1.82, 2.24) is 5.32 Å². The van der Waals surface area contributed by atoms with E-state index in [2.05, 4.69) is 0 Å². The highest BCUT2D eigenvalue weighted by molar-refractivity contribution is 5.96. The molecule has 0 fully saturated rings. The van der Waals surface area contributed by atoms with Crippen molar-refractivity contribution < 1.29 is 23.5 Å². The molecule has 0 bridgehead atoms. The molecule has 1 aromatic heterocycles. The van der Waals surface area contributed by atoms with Crippen molar-refractivity contribution in [3.63, 3.8) is 0 Å². The molecule has 24 heavy (non-hydrogen) atoms. The average molecular weight is 330 g/mol. The number of carbonyl (C=O) groups is 3. The molecule has 2 rings (SSSR count). The van der Waals surface area contributed by atoms with E-state index in [1.165, 1.54) is 6.92 Å². The standard InChI is InChI=1S/C17H18N2O5/c1-11(16(21)19-17(18)22)23-15(20)10-8-13-7-9-14(24-13)12-5-3-2-4-6-12/h2-7,9,11H,8,10H2,1H3,(H3,18,19,21,22). The number of rotatable bonds is 6. The minimum atomic E-state index is -1.10. The van der Waals surface area contributed by atoms with Gasteiger partial charge in [-0.05, 0) is 19.1 Å². The van der Waals surface area contributed by atoms with E-state index < -0.39 is 24.0 Å². The van der Waals surface area contributed by atoms with Gasteiger partial charge in [0.15, 0.2) is 6.10 Å². The number of carbonyl (C=O) groups excluding carboxylic acids is 3. The van der Waals surface area contributed by atoms with E-state index in [-0.39, 0.29) is 6.42 Å². The second kappa shape index (κ2) is 7.96. The van der Waals surface area contributed by atoms with E-state index in [1.54, 1.807) is 6.07 Å². The molecule has 3 N–H and O–H groups in total. The number of furan rings is 1. The molecule has 1 atom stereocenters. The Bertz CT molecular complexity index is 724. The number of amides is 3. The van der Waals surface area contributed by atoms with Crippen molar-refractivity contribution in [1.29, 1.82) is 0 Å². The first-order chi connectivity index (χ1) is 11.5. The molecule has 2 aromatic rings. The summed E-state index contributed by atoms with van der Waals surface area (Å²) in [5, 5.41) is 1.85.